The highest BCUT2D eigenvalue weighted by molar-refractivity contribution is 6.74. The second-order valence-electron chi connectivity index (χ2n) is 6.59. The predicted octanol–water partition coefficient (Wildman–Crippen LogP) is 4.21. The van der Waals surface area contributed by atoms with Crippen molar-refractivity contribution in [2.75, 3.05) is 0 Å². The van der Waals surface area contributed by atoms with Gasteiger partial charge in [-0.2, -0.15) is 0 Å². The number of carbonyl (C=O) groups is 1. The van der Waals surface area contributed by atoms with Gasteiger partial charge in [0.1, 0.15) is 6.29 Å². The largest absolute Gasteiger partial charge is 0.413 e. The quantitative estimate of drug-likeness (QED) is 0.575. The molecule has 1 aromatic rings. The van der Waals surface area contributed by atoms with Gasteiger partial charge in [-0.1, -0.05) is 51.1 Å². The summed E-state index contributed by atoms with van der Waals surface area (Å²) < 4.78 is 6.35. The highest BCUT2D eigenvalue weighted by Gasteiger charge is 2.39. The monoisotopic (exact) mass is 278 g/mol. The van der Waals surface area contributed by atoms with Crippen LogP contribution in [0.25, 0.3) is 0 Å². The molecular formula is C16H26O2Si. The molecule has 106 valence electrons. The number of carbonyl (C=O) groups excluding carboxylic acids is 1. The predicted molar refractivity (Wildman–Crippen MR) is 82.9 cm³/mol. The van der Waals surface area contributed by atoms with Crippen LogP contribution in [0.4, 0.5) is 0 Å². The first-order valence-electron chi connectivity index (χ1n) is 6.91. The van der Waals surface area contributed by atoms with Crippen LogP contribution >= 0.6 is 0 Å². The molecule has 0 saturated carbocycles. The van der Waals surface area contributed by atoms with E-state index >= 15 is 0 Å². The van der Waals surface area contributed by atoms with Gasteiger partial charge in [-0.05, 0) is 30.1 Å². The molecular weight excluding hydrogens is 252 g/mol. The zero-order chi connectivity index (χ0) is 14.5. The van der Waals surface area contributed by atoms with Crippen molar-refractivity contribution in [3.05, 3.63) is 35.9 Å². The number of aldehydes is 1. The van der Waals surface area contributed by atoms with Crippen LogP contribution in [0, 0.1) is 0 Å². The second kappa shape index (κ2) is 6.48. The molecule has 0 amide bonds. The fourth-order valence-corrected chi connectivity index (χ4v) is 3.12. The highest BCUT2D eigenvalue weighted by Crippen LogP contribution is 2.37. The van der Waals surface area contributed by atoms with Crippen molar-refractivity contribution < 1.29 is 9.22 Å². The summed E-state index contributed by atoms with van der Waals surface area (Å²) in [5, 5.41) is 0.171. The van der Waals surface area contributed by atoms with Gasteiger partial charge < -0.3 is 9.22 Å². The van der Waals surface area contributed by atoms with Crippen molar-refractivity contribution in [3.63, 3.8) is 0 Å². The molecule has 0 saturated heterocycles. The third kappa shape index (κ3) is 4.92. The number of hydrogen-bond acceptors (Lipinski definition) is 2. The van der Waals surface area contributed by atoms with Crippen molar-refractivity contribution in [1.29, 1.82) is 0 Å². The molecule has 1 rings (SSSR count). The molecule has 0 aliphatic carbocycles. The summed E-state index contributed by atoms with van der Waals surface area (Å²) >= 11 is 0. The topological polar surface area (TPSA) is 26.3 Å². The summed E-state index contributed by atoms with van der Waals surface area (Å²) in [7, 11) is -1.82. The van der Waals surface area contributed by atoms with Gasteiger partial charge >= 0.3 is 0 Å². The third-order valence-electron chi connectivity index (χ3n) is 3.93. The smallest absolute Gasteiger partial charge is 0.192 e. The molecule has 0 N–H and O–H groups in total. The van der Waals surface area contributed by atoms with Crippen LogP contribution in [0.5, 0.6) is 0 Å². The van der Waals surface area contributed by atoms with Crippen LogP contribution in [0.3, 0.4) is 0 Å². The molecule has 2 nitrogen and oxygen atoms in total. The van der Waals surface area contributed by atoms with E-state index in [9.17, 15) is 4.79 Å². The van der Waals surface area contributed by atoms with E-state index in [4.69, 9.17) is 4.43 Å². The van der Waals surface area contributed by atoms with E-state index in [1.165, 1.54) is 5.56 Å². The molecule has 0 radical (unpaired) electrons. The van der Waals surface area contributed by atoms with Crippen molar-refractivity contribution in [3.8, 4) is 0 Å². The molecule has 1 aromatic carbocycles. The second-order valence-corrected chi connectivity index (χ2v) is 11.3. The van der Waals surface area contributed by atoms with Gasteiger partial charge in [0, 0.05) is 6.42 Å². The van der Waals surface area contributed by atoms with Gasteiger partial charge in [0.25, 0.3) is 0 Å². The summed E-state index contributed by atoms with van der Waals surface area (Å²) in [4.78, 5) is 10.9. The van der Waals surface area contributed by atoms with Gasteiger partial charge in [-0.15, -0.1) is 0 Å². The van der Waals surface area contributed by atoms with Crippen LogP contribution in [0.15, 0.2) is 30.3 Å². The van der Waals surface area contributed by atoms with E-state index in [1.807, 2.05) is 18.2 Å². The summed E-state index contributed by atoms with van der Waals surface area (Å²) in [6.45, 7) is 11.1. The van der Waals surface area contributed by atoms with Crippen LogP contribution in [-0.2, 0) is 15.6 Å². The summed E-state index contributed by atoms with van der Waals surface area (Å²) in [5.41, 5.74) is 1.23. The van der Waals surface area contributed by atoms with E-state index < -0.39 is 8.32 Å². The Hall–Kier alpha value is -0.933. The lowest BCUT2D eigenvalue weighted by Crippen LogP contribution is -2.44. The number of benzene rings is 1. The lowest BCUT2D eigenvalue weighted by atomic mass is 10.1. The summed E-state index contributed by atoms with van der Waals surface area (Å²) in [6, 6.07) is 10.2. The lowest BCUT2D eigenvalue weighted by molar-refractivity contribution is -0.109. The van der Waals surface area contributed by atoms with E-state index in [1.54, 1.807) is 0 Å². The maximum absolute atomic E-state index is 10.9. The number of rotatable bonds is 6. The Kier molecular flexibility index (Phi) is 5.50. The number of hydrogen-bond donors (Lipinski definition) is 0. The van der Waals surface area contributed by atoms with Crippen molar-refractivity contribution in [2.45, 2.75) is 57.8 Å². The maximum atomic E-state index is 10.9. The fourth-order valence-electron chi connectivity index (χ4n) is 1.75. The van der Waals surface area contributed by atoms with Crippen LogP contribution in [-0.4, -0.2) is 20.7 Å². The molecule has 1 atom stereocenters. The first-order chi connectivity index (χ1) is 8.76. The zero-order valence-corrected chi connectivity index (χ0v) is 13.8. The van der Waals surface area contributed by atoms with Crippen molar-refractivity contribution in [2.24, 2.45) is 0 Å². The Morgan fingerprint density at radius 1 is 1.21 bits per heavy atom. The van der Waals surface area contributed by atoms with Gasteiger partial charge in [0.05, 0.1) is 6.10 Å². The van der Waals surface area contributed by atoms with Crippen molar-refractivity contribution >= 4 is 14.6 Å². The Morgan fingerprint density at radius 3 is 2.26 bits per heavy atom. The minimum Gasteiger partial charge on any atom is -0.413 e. The summed E-state index contributed by atoms with van der Waals surface area (Å²) in [5.74, 6) is 0. The molecule has 19 heavy (non-hydrogen) atoms. The molecule has 0 heterocycles. The average molecular weight is 278 g/mol. The van der Waals surface area contributed by atoms with Gasteiger partial charge in [-0.25, -0.2) is 0 Å². The van der Waals surface area contributed by atoms with Gasteiger partial charge in [0.15, 0.2) is 8.32 Å². The van der Waals surface area contributed by atoms with E-state index in [0.717, 1.165) is 12.7 Å². The Morgan fingerprint density at radius 2 is 1.79 bits per heavy atom. The molecule has 0 aromatic heterocycles. The minimum absolute atomic E-state index is 0.000733. The van der Waals surface area contributed by atoms with E-state index in [0.29, 0.717) is 6.42 Å². The SMILES string of the molecule is CC(C)(C)[Si](C)(C)O[C@H](CC=O)Cc1ccccc1. The molecule has 0 unspecified atom stereocenters. The van der Waals surface area contributed by atoms with Crippen LogP contribution < -0.4 is 0 Å². The van der Waals surface area contributed by atoms with Crippen molar-refractivity contribution in [1.82, 2.24) is 0 Å². The van der Waals surface area contributed by atoms with E-state index in [-0.39, 0.29) is 11.1 Å². The Labute approximate surface area is 118 Å². The van der Waals surface area contributed by atoms with Gasteiger partial charge in [0.2, 0.25) is 0 Å². The standard InChI is InChI=1S/C16H26O2Si/c1-16(2,3)19(4,5)18-15(11-12-17)13-14-9-7-6-8-10-14/h6-10,12,15H,11,13H2,1-5H3/t15-/m1/s1. The van der Waals surface area contributed by atoms with E-state index in [2.05, 4.69) is 46.0 Å². The molecule has 0 bridgehead atoms. The molecule has 0 aliphatic heterocycles. The van der Waals surface area contributed by atoms with Gasteiger partial charge in [-0.3, -0.25) is 0 Å². The molecule has 0 fully saturated rings. The first-order valence-corrected chi connectivity index (χ1v) is 9.82. The molecule has 0 aliphatic rings. The third-order valence-corrected chi connectivity index (χ3v) is 8.47. The first kappa shape index (κ1) is 16.1. The zero-order valence-electron chi connectivity index (χ0n) is 12.8. The average Bonchev–Trinajstić information content (AvgIpc) is 2.28. The molecule has 0 spiro atoms. The Bertz CT molecular complexity index is 393. The molecule has 3 heteroatoms. The maximum Gasteiger partial charge on any atom is 0.192 e. The highest BCUT2D eigenvalue weighted by atomic mass is 28.4. The lowest BCUT2D eigenvalue weighted by Gasteiger charge is -2.39. The minimum atomic E-state index is -1.82. The Balaban J connectivity index is 2.76. The summed E-state index contributed by atoms with van der Waals surface area (Å²) in [6.07, 6.45) is 2.26. The van der Waals surface area contributed by atoms with Crippen LogP contribution in [0.1, 0.15) is 32.8 Å². The normalized spacial score (nSPS) is 14.2. The van der Waals surface area contributed by atoms with Crippen LogP contribution in [0.2, 0.25) is 18.1 Å². The fraction of sp³-hybridized carbons (Fsp3) is 0.562.